The highest BCUT2D eigenvalue weighted by Crippen LogP contribution is 2.30. The maximum Gasteiger partial charge on any atom is 0.333 e. The predicted octanol–water partition coefficient (Wildman–Crippen LogP) is 5.43. The van der Waals surface area contributed by atoms with Crippen LogP contribution in [0.5, 0.6) is 0 Å². The zero-order valence-corrected chi connectivity index (χ0v) is 16.8. The zero-order chi connectivity index (χ0) is 21.4. The Kier molecular flexibility index (Phi) is 7.99. The maximum absolute atomic E-state index is 11.3. The second-order valence-electron chi connectivity index (χ2n) is 6.28. The van der Waals surface area contributed by atoms with Crippen LogP contribution in [0.15, 0.2) is 64.8 Å². The number of nitro benzene ring substituents is 1. The van der Waals surface area contributed by atoms with E-state index < -0.39 is 10.9 Å². The molecular formula is C20H21ClN4O4. The van der Waals surface area contributed by atoms with Crippen molar-refractivity contribution in [1.29, 1.82) is 0 Å². The second-order valence-corrected chi connectivity index (χ2v) is 6.68. The van der Waals surface area contributed by atoms with Crippen LogP contribution in [0.25, 0.3) is 0 Å². The van der Waals surface area contributed by atoms with Gasteiger partial charge in [-0.3, -0.25) is 10.1 Å². The first-order chi connectivity index (χ1) is 13.8. The van der Waals surface area contributed by atoms with Gasteiger partial charge in [-0.2, -0.15) is 5.11 Å². The van der Waals surface area contributed by atoms with E-state index in [1.807, 2.05) is 19.1 Å². The summed E-state index contributed by atoms with van der Waals surface area (Å²) in [5.74, 6) is -0.401. The van der Waals surface area contributed by atoms with Gasteiger partial charge in [-0.1, -0.05) is 30.3 Å². The van der Waals surface area contributed by atoms with E-state index in [1.54, 1.807) is 19.1 Å². The molecule has 0 saturated heterocycles. The molecule has 152 valence electrons. The Morgan fingerprint density at radius 1 is 1.28 bits per heavy atom. The summed E-state index contributed by atoms with van der Waals surface area (Å²) in [7, 11) is 0. The molecule has 2 aromatic carbocycles. The molecule has 0 radical (unpaired) electrons. The first-order valence-electron chi connectivity index (χ1n) is 8.79. The first kappa shape index (κ1) is 22.2. The number of carbonyl (C=O) groups excluding carboxylic acids is 1. The fraction of sp³-hybridized carbons (Fsp3) is 0.250. The number of nitrogens with one attached hydrogen (secondary N) is 1. The Balaban J connectivity index is 1.91. The van der Waals surface area contributed by atoms with Crippen LogP contribution >= 0.6 is 11.6 Å². The van der Waals surface area contributed by atoms with Crippen molar-refractivity contribution in [2.45, 2.75) is 19.9 Å². The molecule has 1 N–H and O–H groups in total. The molecule has 0 saturated carbocycles. The Hall–Kier alpha value is -3.10. The Bertz CT molecular complexity index is 929. The van der Waals surface area contributed by atoms with Crippen molar-refractivity contribution >= 4 is 34.6 Å². The molecule has 0 fully saturated rings. The summed E-state index contributed by atoms with van der Waals surface area (Å²) in [6.45, 7) is 7.90. The summed E-state index contributed by atoms with van der Waals surface area (Å²) in [6, 6.07) is 11.5. The monoisotopic (exact) mass is 416 g/mol. The van der Waals surface area contributed by atoms with Gasteiger partial charge in [0.1, 0.15) is 12.3 Å². The summed E-state index contributed by atoms with van der Waals surface area (Å²) in [5, 5.41) is 22.3. The molecule has 8 nitrogen and oxygen atoms in total. The number of carbonyl (C=O) groups is 1. The van der Waals surface area contributed by atoms with Gasteiger partial charge in [0.05, 0.1) is 15.6 Å². The molecule has 0 aliphatic rings. The lowest BCUT2D eigenvalue weighted by Crippen LogP contribution is -2.24. The Labute approximate surface area is 173 Å². The SMILES string of the molecule is C=C(C)C(=O)OCCNC(C)c1ccc(N=Nc2ccc([N+](=O)[O-])cc2Cl)cc1. The minimum Gasteiger partial charge on any atom is -0.461 e. The van der Waals surface area contributed by atoms with Crippen LogP contribution in [-0.2, 0) is 9.53 Å². The van der Waals surface area contributed by atoms with E-state index in [9.17, 15) is 14.9 Å². The van der Waals surface area contributed by atoms with Crippen LogP contribution in [0.4, 0.5) is 17.1 Å². The first-order valence-corrected chi connectivity index (χ1v) is 9.17. The summed E-state index contributed by atoms with van der Waals surface area (Å²) in [5.41, 5.74) is 2.27. The highest BCUT2D eigenvalue weighted by atomic mass is 35.5. The molecule has 0 amide bonds. The lowest BCUT2D eigenvalue weighted by atomic mass is 10.1. The van der Waals surface area contributed by atoms with Crippen LogP contribution in [0.1, 0.15) is 25.5 Å². The van der Waals surface area contributed by atoms with Crippen LogP contribution in [0.3, 0.4) is 0 Å². The zero-order valence-electron chi connectivity index (χ0n) is 16.1. The van der Waals surface area contributed by atoms with E-state index in [4.69, 9.17) is 16.3 Å². The van der Waals surface area contributed by atoms with Gasteiger partial charge in [0, 0.05) is 30.3 Å². The number of halogens is 1. The number of nitro groups is 1. The Morgan fingerprint density at radius 2 is 1.97 bits per heavy atom. The van der Waals surface area contributed by atoms with E-state index in [2.05, 4.69) is 22.1 Å². The highest BCUT2D eigenvalue weighted by Gasteiger charge is 2.09. The molecule has 2 aromatic rings. The van der Waals surface area contributed by atoms with Crippen LogP contribution < -0.4 is 5.32 Å². The standard InChI is InChI=1S/C20H21ClN4O4/c1-13(2)20(26)29-11-10-22-14(3)15-4-6-16(7-5-15)23-24-19-9-8-17(25(27)28)12-18(19)21/h4-9,12,14,22H,1,10-11H2,2-3H3. The topological polar surface area (TPSA) is 106 Å². The smallest absolute Gasteiger partial charge is 0.333 e. The molecule has 0 heterocycles. The third-order valence-corrected chi connectivity index (χ3v) is 4.25. The van der Waals surface area contributed by atoms with E-state index in [-0.39, 0.29) is 23.4 Å². The number of hydrogen-bond acceptors (Lipinski definition) is 7. The largest absolute Gasteiger partial charge is 0.461 e. The van der Waals surface area contributed by atoms with Gasteiger partial charge in [-0.05, 0) is 37.6 Å². The fourth-order valence-corrected chi connectivity index (χ4v) is 2.50. The third kappa shape index (κ3) is 6.78. The average molecular weight is 417 g/mol. The average Bonchev–Trinajstić information content (AvgIpc) is 2.70. The van der Waals surface area contributed by atoms with Crippen molar-refractivity contribution in [2.24, 2.45) is 10.2 Å². The molecule has 0 aromatic heterocycles. The van der Waals surface area contributed by atoms with E-state index in [0.717, 1.165) is 5.56 Å². The minimum absolute atomic E-state index is 0.0497. The van der Waals surface area contributed by atoms with Crippen molar-refractivity contribution in [2.75, 3.05) is 13.2 Å². The van der Waals surface area contributed by atoms with Gasteiger partial charge in [-0.25, -0.2) is 4.79 Å². The molecule has 0 aliphatic heterocycles. The van der Waals surface area contributed by atoms with Gasteiger partial charge in [-0.15, -0.1) is 5.11 Å². The second kappa shape index (κ2) is 10.4. The number of ether oxygens (including phenoxy) is 1. The minimum atomic E-state index is -0.523. The van der Waals surface area contributed by atoms with Crippen molar-refractivity contribution in [3.63, 3.8) is 0 Å². The van der Waals surface area contributed by atoms with Gasteiger partial charge < -0.3 is 10.1 Å². The lowest BCUT2D eigenvalue weighted by molar-refractivity contribution is -0.384. The van der Waals surface area contributed by atoms with Crippen molar-refractivity contribution in [3.8, 4) is 0 Å². The number of non-ortho nitro benzene ring substituents is 1. The molecule has 0 bridgehead atoms. The van der Waals surface area contributed by atoms with Crippen LogP contribution in [0, 0.1) is 10.1 Å². The number of nitrogens with zero attached hydrogens (tertiary/aromatic N) is 3. The molecule has 1 unspecified atom stereocenters. The van der Waals surface area contributed by atoms with Gasteiger partial charge in [0.2, 0.25) is 0 Å². The predicted molar refractivity (Wildman–Crippen MR) is 111 cm³/mol. The Morgan fingerprint density at radius 3 is 2.55 bits per heavy atom. The van der Waals surface area contributed by atoms with Crippen molar-refractivity contribution < 1.29 is 14.5 Å². The third-order valence-electron chi connectivity index (χ3n) is 3.94. The quantitative estimate of drug-likeness (QED) is 0.146. The molecule has 29 heavy (non-hydrogen) atoms. The molecule has 9 heteroatoms. The van der Waals surface area contributed by atoms with E-state index >= 15 is 0 Å². The number of hydrogen-bond donors (Lipinski definition) is 1. The lowest BCUT2D eigenvalue weighted by Gasteiger charge is -2.14. The van der Waals surface area contributed by atoms with Crippen LogP contribution in [-0.4, -0.2) is 24.0 Å². The van der Waals surface area contributed by atoms with E-state index in [1.165, 1.54) is 18.2 Å². The molecule has 2 rings (SSSR count). The van der Waals surface area contributed by atoms with Crippen molar-refractivity contribution in [1.82, 2.24) is 5.32 Å². The fourth-order valence-electron chi connectivity index (χ4n) is 2.29. The van der Waals surface area contributed by atoms with Crippen LogP contribution in [0.2, 0.25) is 5.02 Å². The van der Waals surface area contributed by atoms with Gasteiger partial charge in [0.25, 0.3) is 5.69 Å². The molecular weight excluding hydrogens is 396 g/mol. The molecule has 0 spiro atoms. The number of esters is 1. The van der Waals surface area contributed by atoms with Gasteiger partial charge >= 0.3 is 5.97 Å². The number of rotatable bonds is 9. The summed E-state index contributed by atoms with van der Waals surface area (Å²) >= 11 is 6.00. The molecule has 0 aliphatic carbocycles. The maximum atomic E-state index is 11.3. The number of benzene rings is 2. The molecule has 1 atom stereocenters. The van der Waals surface area contributed by atoms with Gasteiger partial charge in [0.15, 0.2) is 0 Å². The summed E-state index contributed by atoms with van der Waals surface area (Å²) in [6.07, 6.45) is 0. The summed E-state index contributed by atoms with van der Waals surface area (Å²) in [4.78, 5) is 21.5. The normalized spacial score (nSPS) is 12.0. The number of azo groups is 1. The van der Waals surface area contributed by atoms with E-state index in [0.29, 0.717) is 23.5 Å². The highest BCUT2D eigenvalue weighted by molar-refractivity contribution is 6.33. The van der Waals surface area contributed by atoms with Crippen molar-refractivity contribution in [3.05, 3.63) is 75.3 Å². The summed E-state index contributed by atoms with van der Waals surface area (Å²) < 4.78 is 5.04.